The number of benzene rings is 3. The molecule has 0 radical (unpaired) electrons. The smallest absolute Gasteiger partial charge is 0.400 e. The Kier molecular flexibility index (Phi) is 6.63. The van der Waals surface area contributed by atoms with Crippen LogP contribution in [-0.2, 0) is 16.8 Å². The van der Waals surface area contributed by atoms with Crippen molar-refractivity contribution in [3.63, 3.8) is 0 Å². The van der Waals surface area contributed by atoms with Crippen LogP contribution in [0.2, 0.25) is 0 Å². The Hall–Kier alpha value is -2.62. The van der Waals surface area contributed by atoms with Gasteiger partial charge in [0.25, 0.3) is 0 Å². The van der Waals surface area contributed by atoms with Gasteiger partial charge in [-0.05, 0) is 44.8 Å². The Morgan fingerprint density at radius 1 is 1.06 bits per heavy atom. The van der Waals surface area contributed by atoms with E-state index in [9.17, 15) is 18.1 Å². The van der Waals surface area contributed by atoms with Crippen molar-refractivity contribution in [1.29, 1.82) is 0 Å². The summed E-state index contributed by atoms with van der Waals surface area (Å²) in [5.41, 5.74) is 3.81. The van der Waals surface area contributed by atoms with Gasteiger partial charge in [-0.15, -0.1) is 11.3 Å². The number of nitrogens with two attached hydrogens (primary N) is 1. The minimum atomic E-state index is -5.80. The monoisotopic (exact) mass is 567 g/mol. The summed E-state index contributed by atoms with van der Waals surface area (Å²) in [6, 6.07) is 19.9. The molecular weight excluding hydrogens is 551 g/mol. The van der Waals surface area contributed by atoms with Crippen LogP contribution in [0.3, 0.4) is 0 Å². The second kappa shape index (κ2) is 9.20. The summed E-state index contributed by atoms with van der Waals surface area (Å²) >= 11 is 3.48. The molecule has 4 aromatic rings. The first-order valence-electron chi connectivity index (χ1n) is 9.76. The number of hydrogen-bond donors (Lipinski definition) is 3. The third-order valence-electron chi connectivity index (χ3n) is 5.07. The molecule has 0 saturated carbocycles. The molecule has 0 fully saturated rings. The SMILES string of the molecule is NC(=O)c1cc(OCc2ccc(-c3ccccc3)cc2)c2sc(C(F)(F)P(=O)(O)O)c(Br)c2c1. The summed E-state index contributed by atoms with van der Waals surface area (Å²) in [5.74, 6) is -0.711. The average Bonchev–Trinajstić information content (AvgIpc) is 3.15. The van der Waals surface area contributed by atoms with Crippen LogP contribution in [0.15, 0.2) is 71.2 Å². The Bertz CT molecular complexity index is 1420. The predicted molar refractivity (Wildman–Crippen MR) is 130 cm³/mol. The van der Waals surface area contributed by atoms with Crippen LogP contribution in [-0.4, -0.2) is 15.7 Å². The molecule has 1 amide bonds. The number of rotatable bonds is 7. The topological polar surface area (TPSA) is 110 Å². The van der Waals surface area contributed by atoms with Gasteiger partial charge in [-0.25, -0.2) is 0 Å². The quantitative estimate of drug-likeness (QED) is 0.229. The van der Waals surface area contributed by atoms with Crippen LogP contribution >= 0.6 is 34.9 Å². The number of amides is 1. The molecule has 4 rings (SSSR count). The normalized spacial score (nSPS) is 12.1. The molecule has 0 unspecified atom stereocenters. The molecule has 0 atom stereocenters. The molecule has 1 heterocycles. The number of thiophene rings is 1. The van der Waals surface area contributed by atoms with E-state index in [1.165, 1.54) is 12.1 Å². The van der Waals surface area contributed by atoms with Crippen molar-refractivity contribution >= 4 is 50.9 Å². The Morgan fingerprint density at radius 3 is 2.26 bits per heavy atom. The highest BCUT2D eigenvalue weighted by Gasteiger charge is 2.53. The van der Waals surface area contributed by atoms with E-state index in [4.69, 9.17) is 20.3 Å². The third-order valence-corrected chi connectivity index (χ3v) is 8.56. The molecule has 0 aliphatic carbocycles. The Labute approximate surface area is 205 Å². The molecule has 0 saturated heterocycles. The molecule has 3 aromatic carbocycles. The number of halogens is 3. The van der Waals surface area contributed by atoms with E-state index in [1.807, 2.05) is 54.6 Å². The lowest BCUT2D eigenvalue weighted by Crippen LogP contribution is -2.12. The van der Waals surface area contributed by atoms with E-state index < -0.39 is 24.0 Å². The zero-order valence-corrected chi connectivity index (χ0v) is 20.5. The van der Waals surface area contributed by atoms with Gasteiger partial charge < -0.3 is 20.3 Å². The van der Waals surface area contributed by atoms with Crippen LogP contribution in [0, 0.1) is 0 Å². The van der Waals surface area contributed by atoms with Crippen molar-refractivity contribution in [3.8, 4) is 16.9 Å². The van der Waals surface area contributed by atoms with Crippen LogP contribution in [0.1, 0.15) is 20.8 Å². The summed E-state index contributed by atoms with van der Waals surface area (Å²) in [7, 11) is -5.80. The molecular formula is C23H17BrF2NO5PS. The lowest BCUT2D eigenvalue weighted by atomic mass is 10.0. The van der Waals surface area contributed by atoms with Crippen molar-refractivity contribution < 1.29 is 32.7 Å². The molecule has 4 N–H and O–H groups in total. The van der Waals surface area contributed by atoms with Gasteiger partial charge in [0.05, 0.1) is 4.70 Å². The van der Waals surface area contributed by atoms with E-state index in [2.05, 4.69) is 15.9 Å². The predicted octanol–water partition coefficient (Wildman–Crippen LogP) is 6.24. The van der Waals surface area contributed by atoms with E-state index in [0.717, 1.165) is 16.7 Å². The fourth-order valence-corrected chi connectivity index (χ4v) is 6.27. The van der Waals surface area contributed by atoms with Crippen molar-refractivity contribution in [2.45, 2.75) is 12.3 Å². The largest absolute Gasteiger partial charge is 0.487 e. The zero-order chi connectivity index (χ0) is 24.7. The number of fused-ring (bicyclic) bond motifs is 1. The van der Waals surface area contributed by atoms with E-state index in [0.29, 0.717) is 11.3 Å². The summed E-state index contributed by atoms with van der Waals surface area (Å²) in [6.45, 7) is 0.0616. The van der Waals surface area contributed by atoms with Gasteiger partial charge >= 0.3 is 13.3 Å². The third kappa shape index (κ3) is 4.64. The number of carbonyl (C=O) groups excluding carboxylic acids is 1. The van der Waals surface area contributed by atoms with Crippen LogP contribution in [0.4, 0.5) is 8.78 Å². The molecule has 1 aromatic heterocycles. The van der Waals surface area contributed by atoms with Crippen LogP contribution in [0.25, 0.3) is 21.2 Å². The molecule has 0 bridgehead atoms. The van der Waals surface area contributed by atoms with Crippen molar-refractivity contribution in [2.75, 3.05) is 0 Å². The number of alkyl halides is 2. The standard InChI is InChI=1S/C23H17BrF2NO5PS/c24-19-17-10-16(22(27)28)11-18(20(17)34-21(19)23(25,26)33(29,30)31)32-12-13-6-8-15(9-7-13)14-4-2-1-3-5-14/h1-11H,12H2,(H2,27,28)(H2,29,30,31). The van der Waals surface area contributed by atoms with E-state index in [1.54, 1.807) is 0 Å². The minimum absolute atomic E-state index is 0.00599. The molecule has 6 nitrogen and oxygen atoms in total. The highest BCUT2D eigenvalue weighted by atomic mass is 79.9. The second-order valence-electron chi connectivity index (χ2n) is 7.40. The molecule has 176 valence electrons. The lowest BCUT2D eigenvalue weighted by molar-refractivity contribution is 0.0595. The maximum absolute atomic E-state index is 14.5. The van der Waals surface area contributed by atoms with Crippen LogP contribution in [0.5, 0.6) is 5.75 Å². The van der Waals surface area contributed by atoms with Gasteiger partial charge in [0.15, 0.2) is 0 Å². The van der Waals surface area contributed by atoms with Crippen LogP contribution < -0.4 is 10.5 Å². The molecule has 0 aliphatic rings. The summed E-state index contributed by atoms with van der Waals surface area (Å²) in [6.07, 6.45) is 0. The fraction of sp³-hybridized carbons (Fsp3) is 0.0870. The number of primary amides is 1. The van der Waals surface area contributed by atoms with Crippen molar-refractivity contribution in [2.24, 2.45) is 5.73 Å². The van der Waals surface area contributed by atoms with Crippen molar-refractivity contribution in [3.05, 3.63) is 87.2 Å². The van der Waals surface area contributed by atoms with Gasteiger partial charge in [-0.3, -0.25) is 9.36 Å². The van der Waals surface area contributed by atoms with Gasteiger partial charge in [-0.2, -0.15) is 8.78 Å². The van der Waals surface area contributed by atoms with Gasteiger partial charge in [-0.1, -0.05) is 54.6 Å². The molecule has 11 heteroatoms. The number of ether oxygens (including phenoxy) is 1. The first-order chi connectivity index (χ1) is 16.0. The first-order valence-corrected chi connectivity index (χ1v) is 13.0. The van der Waals surface area contributed by atoms with Crippen molar-refractivity contribution in [1.82, 2.24) is 0 Å². The number of carbonyl (C=O) groups is 1. The average molecular weight is 568 g/mol. The lowest BCUT2D eigenvalue weighted by Gasteiger charge is -2.16. The Balaban J connectivity index is 1.70. The fourth-order valence-electron chi connectivity index (χ4n) is 3.30. The highest BCUT2D eigenvalue weighted by molar-refractivity contribution is 9.10. The molecule has 0 spiro atoms. The van der Waals surface area contributed by atoms with Gasteiger partial charge in [0.1, 0.15) is 17.2 Å². The zero-order valence-electron chi connectivity index (χ0n) is 17.2. The van der Waals surface area contributed by atoms with Gasteiger partial charge in [0.2, 0.25) is 5.91 Å². The van der Waals surface area contributed by atoms with E-state index in [-0.39, 0.29) is 32.5 Å². The summed E-state index contributed by atoms with van der Waals surface area (Å²) in [4.78, 5) is 29.3. The Morgan fingerprint density at radius 2 is 1.68 bits per heavy atom. The summed E-state index contributed by atoms with van der Waals surface area (Å²) < 4.78 is 46.2. The molecule has 0 aliphatic heterocycles. The van der Waals surface area contributed by atoms with Gasteiger partial charge in [0, 0.05) is 15.4 Å². The summed E-state index contributed by atoms with van der Waals surface area (Å²) in [5, 5.41) is 0.138. The minimum Gasteiger partial charge on any atom is -0.487 e. The number of hydrogen-bond acceptors (Lipinski definition) is 4. The van der Waals surface area contributed by atoms with E-state index >= 15 is 0 Å². The maximum atomic E-state index is 14.5. The maximum Gasteiger partial charge on any atom is 0.400 e. The second-order valence-corrected chi connectivity index (χ2v) is 10.9. The molecule has 34 heavy (non-hydrogen) atoms. The first kappa shape index (κ1) is 24.5. The highest BCUT2D eigenvalue weighted by Crippen LogP contribution is 2.63.